The second-order valence-electron chi connectivity index (χ2n) is 8.55. The minimum Gasteiger partial charge on any atom is -0.496 e. The molecule has 0 bridgehead atoms. The van der Waals surface area contributed by atoms with Gasteiger partial charge in [-0.05, 0) is 41.0 Å². The Kier molecular flexibility index (Phi) is 7.28. The Balaban J connectivity index is 1.68. The van der Waals surface area contributed by atoms with Crippen LogP contribution >= 0.6 is 0 Å². The molecule has 0 unspecified atom stereocenters. The summed E-state index contributed by atoms with van der Waals surface area (Å²) in [7, 11) is 3.32. The van der Waals surface area contributed by atoms with Crippen LogP contribution in [0, 0.1) is 0 Å². The highest BCUT2D eigenvalue weighted by molar-refractivity contribution is 5.94. The fourth-order valence-corrected chi connectivity index (χ4v) is 4.57. The standard InChI is InChI=1S/C28H31N3O3/c1-20(32)30-14-15-31(26(19-30)23-10-7-11-24(17-23)28(33)29-2)18-25-16-22(12-13-27(25)34-3)21-8-5-4-6-9-21/h4-13,16-17,26H,14-15,18-19H2,1-3H3,(H,29,33)/t26-/m0/s1. The minimum atomic E-state index is -0.120. The van der Waals surface area contributed by atoms with E-state index in [0.29, 0.717) is 25.2 Å². The molecule has 176 valence electrons. The molecule has 0 aliphatic carbocycles. The first-order chi connectivity index (χ1) is 16.5. The maximum atomic E-state index is 12.2. The molecule has 1 atom stereocenters. The molecule has 2 amide bonds. The van der Waals surface area contributed by atoms with Crippen molar-refractivity contribution in [3.8, 4) is 16.9 Å². The molecular formula is C28H31N3O3. The van der Waals surface area contributed by atoms with Crippen LogP contribution in [0.25, 0.3) is 11.1 Å². The van der Waals surface area contributed by atoms with E-state index < -0.39 is 0 Å². The van der Waals surface area contributed by atoms with Gasteiger partial charge in [0.25, 0.3) is 5.91 Å². The lowest BCUT2D eigenvalue weighted by Gasteiger charge is -2.41. The van der Waals surface area contributed by atoms with Gasteiger partial charge in [0.05, 0.1) is 13.2 Å². The lowest BCUT2D eigenvalue weighted by atomic mass is 9.97. The van der Waals surface area contributed by atoms with E-state index in [0.717, 1.165) is 34.5 Å². The van der Waals surface area contributed by atoms with Crippen molar-refractivity contribution >= 4 is 11.8 Å². The molecule has 1 N–H and O–H groups in total. The molecule has 0 spiro atoms. The second-order valence-corrected chi connectivity index (χ2v) is 8.55. The molecule has 6 heteroatoms. The molecule has 1 aliphatic rings. The van der Waals surface area contributed by atoms with Gasteiger partial charge in [0.15, 0.2) is 0 Å². The monoisotopic (exact) mass is 457 g/mol. The fourth-order valence-electron chi connectivity index (χ4n) is 4.57. The molecule has 0 aromatic heterocycles. The number of nitrogens with one attached hydrogen (secondary N) is 1. The number of hydrogen-bond acceptors (Lipinski definition) is 4. The van der Waals surface area contributed by atoms with Crippen molar-refractivity contribution in [2.24, 2.45) is 0 Å². The van der Waals surface area contributed by atoms with Crippen LogP contribution in [0.2, 0.25) is 0 Å². The topological polar surface area (TPSA) is 61.9 Å². The van der Waals surface area contributed by atoms with E-state index in [-0.39, 0.29) is 17.9 Å². The highest BCUT2D eigenvalue weighted by atomic mass is 16.5. The molecule has 3 aromatic rings. The first-order valence-electron chi connectivity index (χ1n) is 11.5. The van der Waals surface area contributed by atoms with Gasteiger partial charge in [0.2, 0.25) is 5.91 Å². The van der Waals surface area contributed by atoms with Gasteiger partial charge in [-0.15, -0.1) is 0 Å². The van der Waals surface area contributed by atoms with Crippen LogP contribution in [0.4, 0.5) is 0 Å². The quantitative estimate of drug-likeness (QED) is 0.605. The van der Waals surface area contributed by atoms with Crippen LogP contribution in [0.5, 0.6) is 5.75 Å². The molecule has 4 rings (SSSR count). The molecule has 1 saturated heterocycles. The van der Waals surface area contributed by atoms with E-state index in [1.807, 2.05) is 53.4 Å². The molecule has 0 saturated carbocycles. The van der Waals surface area contributed by atoms with E-state index >= 15 is 0 Å². The summed E-state index contributed by atoms with van der Waals surface area (Å²) in [6.07, 6.45) is 0. The SMILES string of the molecule is CNC(=O)c1cccc([C@@H]2CN(C(C)=O)CCN2Cc2cc(-c3ccccc3)ccc2OC)c1. The number of methoxy groups -OCH3 is 1. The summed E-state index contributed by atoms with van der Waals surface area (Å²) in [5.41, 5.74) is 5.01. The average Bonchev–Trinajstić information content (AvgIpc) is 2.88. The molecule has 1 aliphatic heterocycles. The number of ether oxygens (including phenoxy) is 1. The maximum absolute atomic E-state index is 12.2. The van der Waals surface area contributed by atoms with Crippen LogP contribution in [0.1, 0.15) is 34.5 Å². The summed E-state index contributed by atoms with van der Waals surface area (Å²) in [6.45, 7) is 4.26. The van der Waals surface area contributed by atoms with Crippen molar-refractivity contribution in [2.45, 2.75) is 19.5 Å². The van der Waals surface area contributed by atoms with Gasteiger partial charge in [0.1, 0.15) is 5.75 Å². The smallest absolute Gasteiger partial charge is 0.251 e. The van der Waals surface area contributed by atoms with Crippen molar-refractivity contribution in [1.82, 2.24) is 15.1 Å². The zero-order chi connectivity index (χ0) is 24.1. The normalized spacial score (nSPS) is 16.2. The van der Waals surface area contributed by atoms with E-state index in [2.05, 4.69) is 34.5 Å². The van der Waals surface area contributed by atoms with Crippen LogP contribution in [0.3, 0.4) is 0 Å². The maximum Gasteiger partial charge on any atom is 0.251 e. The number of benzene rings is 3. The van der Waals surface area contributed by atoms with Crippen molar-refractivity contribution < 1.29 is 14.3 Å². The fraction of sp³-hybridized carbons (Fsp3) is 0.286. The Morgan fingerprint density at radius 2 is 1.76 bits per heavy atom. The number of amides is 2. The van der Waals surface area contributed by atoms with Gasteiger partial charge in [-0.2, -0.15) is 0 Å². The molecule has 1 fully saturated rings. The number of nitrogens with zero attached hydrogens (tertiary/aromatic N) is 2. The first kappa shape index (κ1) is 23.5. The summed E-state index contributed by atoms with van der Waals surface area (Å²) in [4.78, 5) is 28.7. The highest BCUT2D eigenvalue weighted by Gasteiger charge is 2.30. The second kappa shape index (κ2) is 10.5. The van der Waals surface area contributed by atoms with Gasteiger partial charge >= 0.3 is 0 Å². The van der Waals surface area contributed by atoms with Gasteiger partial charge in [-0.3, -0.25) is 14.5 Å². The van der Waals surface area contributed by atoms with Gasteiger partial charge in [0, 0.05) is 51.3 Å². The van der Waals surface area contributed by atoms with Crippen LogP contribution < -0.4 is 10.1 Å². The Hall–Kier alpha value is -3.64. The summed E-state index contributed by atoms with van der Waals surface area (Å²) in [5.74, 6) is 0.784. The summed E-state index contributed by atoms with van der Waals surface area (Å²) >= 11 is 0. The molecule has 34 heavy (non-hydrogen) atoms. The Bertz CT molecular complexity index is 1160. The molecule has 6 nitrogen and oxygen atoms in total. The highest BCUT2D eigenvalue weighted by Crippen LogP contribution is 2.32. The number of rotatable bonds is 6. The third kappa shape index (κ3) is 5.13. The Morgan fingerprint density at radius 1 is 0.971 bits per heavy atom. The van der Waals surface area contributed by atoms with Crippen molar-refractivity contribution in [2.75, 3.05) is 33.8 Å². The summed E-state index contributed by atoms with van der Waals surface area (Å²) < 4.78 is 5.70. The van der Waals surface area contributed by atoms with E-state index in [4.69, 9.17) is 4.74 Å². The minimum absolute atomic E-state index is 0.0349. The van der Waals surface area contributed by atoms with Crippen molar-refractivity contribution in [3.63, 3.8) is 0 Å². The predicted molar refractivity (Wildman–Crippen MR) is 134 cm³/mol. The third-order valence-electron chi connectivity index (χ3n) is 6.46. The largest absolute Gasteiger partial charge is 0.496 e. The van der Waals surface area contributed by atoms with Crippen LogP contribution in [-0.4, -0.2) is 55.4 Å². The first-order valence-corrected chi connectivity index (χ1v) is 11.5. The lowest BCUT2D eigenvalue weighted by molar-refractivity contribution is -0.132. The van der Waals surface area contributed by atoms with Crippen LogP contribution in [-0.2, 0) is 11.3 Å². The van der Waals surface area contributed by atoms with Crippen molar-refractivity contribution in [3.05, 3.63) is 89.5 Å². The lowest BCUT2D eigenvalue weighted by Crippen LogP contribution is -2.49. The third-order valence-corrected chi connectivity index (χ3v) is 6.46. The molecule has 0 radical (unpaired) electrons. The van der Waals surface area contributed by atoms with E-state index in [1.54, 1.807) is 21.1 Å². The molecule has 3 aromatic carbocycles. The van der Waals surface area contributed by atoms with Gasteiger partial charge < -0.3 is 15.0 Å². The van der Waals surface area contributed by atoms with Gasteiger partial charge in [-0.1, -0.05) is 48.5 Å². The number of carbonyl (C=O) groups excluding carboxylic acids is 2. The molecular weight excluding hydrogens is 426 g/mol. The summed E-state index contributed by atoms with van der Waals surface area (Å²) in [6, 6.07) is 24.2. The number of piperazine rings is 1. The Morgan fingerprint density at radius 3 is 2.47 bits per heavy atom. The number of hydrogen-bond donors (Lipinski definition) is 1. The predicted octanol–water partition coefficient (Wildman–Crippen LogP) is 4.13. The zero-order valence-corrected chi connectivity index (χ0v) is 20.0. The van der Waals surface area contributed by atoms with E-state index in [9.17, 15) is 9.59 Å². The average molecular weight is 458 g/mol. The molecule has 1 heterocycles. The van der Waals surface area contributed by atoms with Crippen molar-refractivity contribution in [1.29, 1.82) is 0 Å². The van der Waals surface area contributed by atoms with Gasteiger partial charge in [-0.25, -0.2) is 0 Å². The van der Waals surface area contributed by atoms with Crippen LogP contribution in [0.15, 0.2) is 72.8 Å². The zero-order valence-electron chi connectivity index (χ0n) is 20.0. The van der Waals surface area contributed by atoms with E-state index in [1.165, 1.54) is 0 Å². The summed E-state index contributed by atoms with van der Waals surface area (Å²) in [5, 5.41) is 2.69. The number of carbonyl (C=O) groups is 2. The Labute approximate surface area is 201 Å².